The maximum absolute atomic E-state index is 5.13. The van der Waals surface area contributed by atoms with Gasteiger partial charge in [-0.2, -0.15) is 0 Å². The number of hydrogen-bond donors (Lipinski definition) is 0. The summed E-state index contributed by atoms with van der Waals surface area (Å²) in [6.45, 7) is 20.3. The Morgan fingerprint density at radius 1 is 0.850 bits per heavy atom. The van der Waals surface area contributed by atoms with Gasteiger partial charge in [0.1, 0.15) is 0 Å². The Balaban J connectivity index is 0.00000110. The van der Waals surface area contributed by atoms with Crippen LogP contribution < -0.4 is 0 Å². The SMILES string of the molecule is C[C]1[C](C)[C](C)[C]([Si](C)(C)[N-]C(C)(C)C)[C]1C.[Cl][Zr+2][Cl]. The standard InChI is InChI=1S/C15H27NSi.2ClH.Zr/c1-10-11(2)13(4)14(12(10)3)17(8,9)16-15(5,6)7;;;/h1-9H3;2*1H;/q-1;;;+4/p-2. The second-order valence-corrected chi connectivity index (χ2v) is 14.4. The molecular formula is C15H27Cl2NSiZr+. The molecule has 0 aromatic carbocycles. The number of rotatable bonds is 2. The molecule has 1 fully saturated rings. The third-order valence-corrected chi connectivity index (χ3v) is 6.87. The normalized spacial score (nSPS) is 20.8. The zero-order chi connectivity index (χ0) is 16.3. The van der Waals surface area contributed by atoms with Gasteiger partial charge in [0.05, 0.1) is 0 Å². The first-order chi connectivity index (χ1) is 8.89. The fraction of sp³-hybridized carbons (Fsp3) is 0.667. The van der Waals surface area contributed by atoms with Crippen LogP contribution in [0.2, 0.25) is 13.1 Å². The molecule has 5 radical (unpaired) electrons. The summed E-state index contributed by atoms with van der Waals surface area (Å²) in [5.41, 5.74) is 1.62. The summed E-state index contributed by atoms with van der Waals surface area (Å²) in [6.07, 6.45) is 0. The van der Waals surface area contributed by atoms with E-state index in [1.807, 2.05) is 0 Å². The number of hydrogen-bond acceptors (Lipinski definition) is 0. The van der Waals surface area contributed by atoms with Gasteiger partial charge in [0.2, 0.25) is 0 Å². The van der Waals surface area contributed by atoms with E-state index in [0.717, 1.165) is 0 Å². The summed E-state index contributed by atoms with van der Waals surface area (Å²) in [7, 11) is 8.18. The molecule has 1 aliphatic carbocycles. The molecule has 1 saturated carbocycles. The van der Waals surface area contributed by atoms with Crippen molar-refractivity contribution in [3.05, 3.63) is 34.2 Å². The van der Waals surface area contributed by atoms with E-state index in [1.165, 1.54) is 23.7 Å². The van der Waals surface area contributed by atoms with Crippen LogP contribution in [0, 0.1) is 29.2 Å². The monoisotopic (exact) mass is 409 g/mol. The minimum absolute atomic E-state index is 0.0632. The van der Waals surface area contributed by atoms with Crippen LogP contribution in [0.5, 0.6) is 0 Å². The fourth-order valence-electron chi connectivity index (χ4n) is 3.03. The molecule has 0 spiro atoms. The summed E-state index contributed by atoms with van der Waals surface area (Å²) in [5, 5.41) is 0. The van der Waals surface area contributed by atoms with Gasteiger partial charge in [0.25, 0.3) is 0 Å². The van der Waals surface area contributed by atoms with Gasteiger partial charge in [-0.25, -0.2) is 0 Å². The molecule has 5 heteroatoms. The molecule has 20 heavy (non-hydrogen) atoms. The predicted octanol–water partition coefficient (Wildman–Crippen LogP) is 6.25. The summed E-state index contributed by atoms with van der Waals surface area (Å²) in [6, 6.07) is 0. The first-order valence-electron chi connectivity index (χ1n) is 6.83. The Bertz CT molecular complexity index is 280. The topological polar surface area (TPSA) is 14.1 Å². The van der Waals surface area contributed by atoms with Gasteiger partial charge in [0, 0.05) is 0 Å². The number of nitrogens with zero attached hydrogens (tertiary/aromatic N) is 1. The number of halogens is 2. The average Bonchev–Trinajstić information content (AvgIpc) is 2.41. The summed E-state index contributed by atoms with van der Waals surface area (Å²) in [5.74, 6) is 5.87. The molecule has 0 bridgehead atoms. The van der Waals surface area contributed by atoms with Crippen molar-refractivity contribution in [3.63, 3.8) is 0 Å². The Labute approximate surface area is 146 Å². The molecule has 0 aromatic heterocycles. The van der Waals surface area contributed by atoms with Gasteiger partial charge < -0.3 is 4.98 Å². The van der Waals surface area contributed by atoms with Crippen molar-refractivity contribution in [2.45, 2.75) is 67.1 Å². The molecule has 0 saturated heterocycles. The van der Waals surface area contributed by atoms with Crippen LogP contribution in [0.25, 0.3) is 4.98 Å². The van der Waals surface area contributed by atoms with Gasteiger partial charge >= 0.3 is 37.9 Å². The molecule has 0 aliphatic heterocycles. The van der Waals surface area contributed by atoms with E-state index in [-0.39, 0.29) is 5.54 Å². The predicted molar refractivity (Wildman–Crippen MR) is 91.2 cm³/mol. The van der Waals surface area contributed by atoms with Crippen molar-refractivity contribution < 1.29 is 20.8 Å². The van der Waals surface area contributed by atoms with E-state index < -0.39 is 29.1 Å². The molecule has 0 unspecified atom stereocenters. The van der Waals surface area contributed by atoms with Gasteiger partial charge in [-0.05, 0) is 29.2 Å². The van der Waals surface area contributed by atoms with Gasteiger partial charge in [0.15, 0.2) is 0 Å². The van der Waals surface area contributed by atoms with Crippen molar-refractivity contribution in [1.82, 2.24) is 0 Å². The van der Waals surface area contributed by atoms with Gasteiger partial charge in [-0.15, -0.1) is 5.54 Å². The fourth-order valence-corrected chi connectivity index (χ4v) is 7.03. The average molecular weight is 412 g/mol. The first kappa shape index (κ1) is 21.6. The van der Waals surface area contributed by atoms with Crippen molar-refractivity contribution in [1.29, 1.82) is 0 Å². The Morgan fingerprint density at radius 2 is 1.15 bits per heavy atom. The van der Waals surface area contributed by atoms with Crippen LogP contribution in [0.4, 0.5) is 0 Å². The maximum atomic E-state index is 5.13. The van der Waals surface area contributed by atoms with Crippen LogP contribution in [0.3, 0.4) is 0 Å². The van der Waals surface area contributed by atoms with Gasteiger partial charge in [-0.3, -0.25) is 0 Å². The van der Waals surface area contributed by atoms with Crippen molar-refractivity contribution >= 4 is 25.3 Å². The van der Waals surface area contributed by atoms with E-state index >= 15 is 0 Å². The van der Waals surface area contributed by atoms with E-state index in [2.05, 4.69) is 61.6 Å². The van der Waals surface area contributed by atoms with E-state index in [0.29, 0.717) is 0 Å². The molecule has 1 aliphatic rings. The second kappa shape index (κ2) is 8.48. The quantitative estimate of drug-likeness (QED) is 0.477. The Kier molecular flexibility index (Phi) is 9.18. The minimum atomic E-state index is -1.69. The van der Waals surface area contributed by atoms with Crippen molar-refractivity contribution in [3.8, 4) is 0 Å². The van der Waals surface area contributed by atoms with Crippen LogP contribution in [0.15, 0.2) is 0 Å². The van der Waals surface area contributed by atoms with E-state index in [1.54, 1.807) is 5.54 Å². The second-order valence-electron chi connectivity index (χ2n) is 6.79. The molecule has 113 valence electrons. The molecule has 0 atom stereocenters. The zero-order valence-corrected chi connectivity index (χ0v) is 19.2. The van der Waals surface area contributed by atoms with E-state index in [9.17, 15) is 0 Å². The molecule has 1 nitrogen and oxygen atoms in total. The Hall–Kier alpha value is 1.64. The van der Waals surface area contributed by atoms with E-state index in [4.69, 9.17) is 22.0 Å². The zero-order valence-electron chi connectivity index (χ0n) is 14.2. The third kappa shape index (κ3) is 6.03. The molecular weight excluding hydrogens is 384 g/mol. The van der Waals surface area contributed by atoms with Crippen LogP contribution in [-0.2, 0) is 20.8 Å². The summed E-state index contributed by atoms with van der Waals surface area (Å²) >= 11 is -0.826. The van der Waals surface area contributed by atoms with Crippen LogP contribution >= 0.6 is 17.0 Å². The molecule has 0 N–H and O–H groups in total. The molecule has 0 heterocycles. The molecule has 1 rings (SSSR count). The molecule has 0 amide bonds. The van der Waals surface area contributed by atoms with Crippen molar-refractivity contribution in [2.75, 3.05) is 0 Å². The van der Waals surface area contributed by atoms with Gasteiger partial charge in [-0.1, -0.05) is 69.8 Å². The Morgan fingerprint density at radius 3 is 1.40 bits per heavy atom. The van der Waals surface area contributed by atoms with Crippen LogP contribution in [-0.4, -0.2) is 13.8 Å². The van der Waals surface area contributed by atoms with Crippen molar-refractivity contribution in [2.24, 2.45) is 0 Å². The third-order valence-electron chi connectivity index (χ3n) is 3.66. The summed E-state index contributed by atoms with van der Waals surface area (Å²) in [4.78, 5) is 5.13. The van der Waals surface area contributed by atoms with Crippen LogP contribution in [0.1, 0.15) is 48.5 Å². The molecule has 0 aromatic rings. The summed E-state index contributed by atoms with van der Waals surface area (Å²) < 4.78 is 0. The first-order valence-corrected chi connectivity index (χ1v) is 16.1.